The molecule has 0 amide bonds. The van der Waals surface area contributed by atoms with Crippen molar-refractivity contribution in [3.8, 4) is 0 Å². The van der Waals surface area contributed by atoms with Gasteiger partial charge in [0.1, 0.15) is 5.82 Å². The molecule has 0 saturated carbocycles. The highest BCUT2D eigenvalue weighted by Gasteiger charge is 2.27. The summed E-state index contributed by atoms with van der Waals surface area (Å²) in [6.07, 6.45) is -5.74. The molecule has 0 bridgehead atoms. The molecule has 0 aliphatic heterocycles. The minimum atomic E-state index is -4.45. The molecule has 0 fully saturated rings. The van der Waals surface area contributed by atoms with Gasteiger partial charge in [0.25, 0.3) is 0 Å². The van der Waals surface area contributed by atoms with Gasteiger partial charge in [0, 0.05) is 18.7 Å². The second kappa shape index (κ2) is 6.06. The van der Waals surface area contributed by atoms with Crippen molar-refractivity contribution in [2.45, 2.75) is 31.0 Å². The minimum Gasteiger partial charge on any atom is -0.326 e. The van der Waals surface area contributed by atoms with Crippen molar-refractivity contribution in [2.24, 2.45) is 5.73 Å². The molecule has 1 aromatic rings. The van der Waals surface area contributed by atoms with Crippen LogP contribution in [0.2, 0.25) is 0 Å². The van der Waals surface area contributed by atoms with E-state index in [-0.39, 0.29) is 22.6 Å². The van der Waals surface area contributed by atoms with Gasteiger partial charge in [-0.15, -0.1) is 0 Å². The van der Waals surface area contributed by atoms with Gasteiger partial charge in [0.05, 0.1) is 11.3 Å². The lowest BCUT2D eigenvalue weighted by molar-refractivity contribution is -0.132. The number of nitrogens with two attached hydrogens (primary N) is 1. The first kappa shape index (κ1) is 16.9. The topological polar surface area (TPSA) is 72.2 Å². The van der Waals surface area contributed by atoms with Gasteiger partial charge in [0.15, 0.2) is 0 Å². The first-order chi connectivity index (χ1) is 9.07. The zero-order valence-corrected chi connectivity index (χ0v) is 11.4. The van der Waals surface area contributed by atoms with Crippen molar-refractivity contribution in [3.05, 3.63) is 29.1 Å². The summed E-state index contributed by atoms with van der Waals surface area (Å²) in [5.41, 5.74) is 5.33. The number of halogens is 4. The summed E-state index contributed by atoms with van der Waals surface area (Å²) in [4.78, 5) is -0.306. The molecule has 20 heavy (non-hydrogen) atoms. The van der Waals surface area contributed by atoms with Gasteiger partial charge in [-0.05, 0) is 24.6 Å². The molecule has 0 radical (unpaired) electrons. The van der Waals surface area contributed by atoms with E-state index in [0.717, 1.165) is 12.1 Å². The van der Waals surface area contributed by atoms with Crippen LogP contribution in [0, 0.1) is 12.7 Å². The molecule has 0 aliphatic carbocycles. The van der Waals surface area contributed by atoms with Crippen LogP contribution in [0.3, 0.4) is 0 Å². The first-order valence-corrected chi connectivity index (χ1v) is 7.10. The third-order valence-electron chi connectivity index (χ3n) is 2.53. The smallest absolute Gasteiger partial charge is 0.326 e. The Balaban J connectivity index is 2.96. The molecular weight excluding hydrogens is 300 g/mol. The number of nitrogens with one attached hydrogen (secondary N) is 1. The highest BCUT2D eigenvalue weighted by Crippen LogP contribution is 2.21. The molecule has 1 aromatic carbocycles. The Labute approximate surface area is 114 Å². The molecule has 0 spiro atoms. The molecule has 0 aromatic heterocycles. The Morgan fingerprint density at radius 2 is 1.90 bits per heavy atom. The number of hydrogen-bond donors (Lipinski definition) is 2. The summed E-state index contributed by atoms with van der Waals surface area (Å²) < 4.78 is 74.9. The number of hydrogen-bond acceptors (Lipinski definition) is 3. The zero-order chi connectivity index (χ0) is 15.6. The molecule has 0 aliphatic rings. The van der Waals surface area contributed by atoms with Crippen molar-refractivity contribution in [1.82, 2.24) is 4.72 Å². The lowest BCUT2D eigenvalue weighted by Crippen LogP contribution is -2.28. The van der Waals surface area contributed by atoms with Crippen LogP contribution >= 0.6 is 0 Å². The van der Waals surface area contributed by atoms with E-state index in [1.165, 1.54) is 6.92 Å². The normalized spacial score (nSPS) is 12.7. The van der Waals surface area contributed by atoms with Gasteiger partial charge in [-0.3, -0.25) is 0 Å². The molecule has 0 unspecified atom stereocenters. The maximum absolute atomic E-state index is 13.5. The maximum atomic E-state index is 13.5. The van der Waals surface area contributed by atoms with Gasteiger partial charge < -0.3 is 5.73 Å². The van der Waals surface area contributed by atoms with Crippen molar-refractivity contribution >= 4 is 10.0 Å². The fourth-order valence-electron chi connectivity index (χ4n) is 1.52. The predicted molar refractivity (Wildman–Crippen MR) is 64.9 cm³/mol. The molecule has 0 atom stereocenters. The molecule has 114 valence electrons. The SMILES string of the molecule is Cc1cc(S(=O)(=O)NCCC(F)(F)F)cc(CN)c1F. The second-order valence-electron chi connectivity index (χ2n) is 4.18. The van der Waals surface area contributed by atoms with Crippen LogP contribution in [0.5, 0.6) is 0 Å². The van der Waals surface area contributed by atoms with Gasteiger partial charge >= 0.3 is 6.18 Å². The third-order valence-corrected chi connectivity index (χ3v) is 3.97. The van der Waals surface area contributed by atoms with Gasteiger partial charge in [-0.25, -0.2) is 17.5 Å². The Kier molecular flexibility index (Phi) is 5.11. The zero-order valence-electron chi connectivity index (χ0n) is 10.6. The summed E-state index contributed by atoms with van der Waals surface area (Å²) in [6, 6.07) is 2.06. The monoisotopic (exact) mass is 314 g/mol. The van der Waals surface area contributed by atoms with Crippen molar-refractivity contribution < 1.29 is 26.0 Å². The van der Waals surface area contributed by atoms with Crippen molar-refractivity contribution in [1.29, 1.82) is 0 Å². The minimum absolute atomic E-state index is 0.0128. The molecule has 9 heteroatoms. The molecule has 4 nitrogen and oxygen atoms in total. The van der Waals surface area contributed by atoms with Crippen LogP contribution in [-0.4, -0.2) is 21.1 Å². The van der Waals surface area contributed by atoms with E-state index in [2.05, 4.69) is 0 Å². The van der Waals surface area contributed by atoms with E-state index in [1.807, 2.05) is 4.72 Å². The first-order valence-electron chi connectivity index (χ1n) is 5.62. The van der Waals surface area contributed by atoms with Crippen LogP contribution in [0.25, 0.3) is 0 Å². The summed E-state index contributed by atoms with van der Waals surface area (Å²) in [7, 11) is -4.13. The molecule has 0 saturated heterocycles. The van der Waals surface area contributed by atoms with Crippen LogP contribution in [0.4, 0.5) is 17.6 Å². The fourth-order valence-corrected chi connectivity index (χ4v) is 2.69. The highest BCUT2D eigenvalue weighted by atomic mass is 32.2. The van der Waals surface area contributed by atoms with E-state index in [0.29, 0.717) is 0 Å². The maximum Gasteiger partial charge on any atom is 0.390 e. The Morgan fingerprint density at radius 1 is 1.30 bits per heavy atom. The standard InChI is InChI=1S/C11H14F4N2O2S/c1-7-4-9(5-8(6-16)10(7)12)20(18,19)17-3-2-11(13,14)15/h4-5,17H,2-3,6,16H2,1H3. The Hall–Kier alpha value is -1.19. The second-order valence-corrected chi connectivity index (χ2v) is 5.95. The van der Waals surface area contributed by atoms with E-state index in [9.17, 15) is 26.0 Å². The Morgan fingerprint density at radius 3 is 2.40 bits per heavy atom. The lowest BCUT2D eigenvalue weighted by atomic mass is 10.1. The van der Waals surface area contributed by atoms with Gasteiger partial charge in [-0.2, -0.15) is 13.2 Å². The lowest BCUT2D eigenvalue weighted by Gasteiger charge is -2.11. The van der Waals surface area contributed by atoms with E-state index in [4.69, 9.17) is 5.73 Å². The third kappa shape index (κ3) is 4.43. The average Bonchev–Trinajstić information content (AvgIpc) is 2.30. The van der Waals surface area contributed by atoms with E-state index >= 15 is 0 Å². The number of aryl methyl sites for hydroxylation is 1. The van der Waals surface area contributed by atoms with Crippen LogP contribution in [-0.2, 0) is 16.6 Å². The predicted octanol–water partition coefficient (Wildman–Crippen LogP) is 1.82. The molecular formula is C11H14F4N2O2S. The quantitative estimate of drug-likeness (QED) is 0.814. The number of sulfonamides is 1. The fraction of sp³-hybridized carbons (Fsp3) is 0.455. The van der Waals surface area contributed by atoms with Crippen molar-refractivity contribution in [3.63, 3.8) is 0 Å². The van der Waals surface area contributed by atoms with Gasteiger partial charge in [-0.1, -0.05) is 0 Å². The van der Waals surface area contributed by atoms with Crippen LogP contribution < -0.4 is 10.5 Å². The number of benzene rings is 1. The number of rotatable bonds is 5. The highest BCUT2D eigenvalue weighted by molar-refractivity contribution is 7.89. The summed E-state index contributed by atoms with van der Waals surface area (Å²) in [5.74, 6) is -0.623. The molecule has 0 heterocycles. The van der Waals surface area contributed by atoms with Gasteiger partial charge in [0.2, 0.25) is 10.0 Å². The molecule has 1 rings (SSSR count). The van der Waals surface area contributed by atoms with E-state index in [1.54, 1.807) is 0 Å². The summed E-state index contributed by atoms with van der Waals surface area (Å²) in [5, 5.41) is 0. The van der Waals surface area contributed by atoms with E-state index < -0.39 is 35.0 Å². The average molecular weight is 314 g/mol. The van der Waals surface area contributed by atoms with Crippen LogP contribution in [0.15, 0.2) is 17.0 Å². The van der Waals surface area contributed by atoms with Crippen molar-refractivity contribution in [2.75, 3.05) is 6.54 Å². The molecule has 3 N–H and O–H groups in total. The van der Waals surface area contributed by atoms with Crippen LogP contribution in [0.1, 0.15) is 17.5 Å². The largest absolute Gasteiger partial charge is 0.390 e. The number of alkyl halides is 3. The summed E-state index contributed by atoms with van der Waals surface area (Å²) in [6.45, 7) is 0.363. The Bertz CT molecular complexity index is 585. The summed E-state index contributed by atoms with van der Waals surface area (Å²) >= 11 is 0.